The Morgan fingerprint density at radius 1 is 1.30 bits per heavy atom. The third-order valence-corrected chi connectivity index (χ3v) is 5.29. The van der Waals surface area contributed by atoms with Crippen LogP contribution >= 0.6 is 0 Å². The molecule has 0 N–H and O–H groups in total. The van der Waals surface area contributed by atoms with Crippen LogP contribution in [0.5, 0.6) is 0 Å². The van der Waals surface area contributed by atoms with Gasteiger partial charge in [0.25, 0.3) is 5.56 Å². The quantitative estimate of drug-likeness (QED) is 0.817. The first-order valence-corrected chi connectivity index (χ1v) is 9.37. The minimum Gasteiger partial charge on any atom is -0.343 e. The number of piperidine rings is 1. The monoisotopic (exact) mass is 370 g/mol. The van der Waals surface area contributed by atoms with Gasteiger partial charge < -0.3 is 9.80 Å². The molecule has 1 saturated heterocycles. The van der Waals surface area contributed by atoms with E-state index < -0.39 is 0 Å². The van der Waals surface area contributed by atoms with Gasteiger partial charge in [0.2, 0.25) is 11.8 Å². The molecule has 2 amide bonds. The minimum absolute atomic E-state index is 0.0389. The van der Waals surface area contributed by atoms with Gasteiger partial charge in [0, 0.05) is 26.2 Å². The highest BCUT2D eigenvalue weighted by atomic mass is 16.2. The van der Waals surface area contributed by atoms with Crippen molar-refractivity contribution < 1.29 is 9.59 Å². The van der Waals surface area contributed by atoms with Crippen LogP contribution in [0.15, 0.2) is 35.3 Å². The fourth-order valence-corrected chi connectivity index (χ4v) is 3.46. The number of fused-ring (bicyclic) bond motifs is 1. The van der Waals surface area contributed by atoms with E-state index in [1.165, 1.54) is 10.8 Å². The van der Waals surface area contributed by atoms with E-state index in [-0.39, 0.29) is 35.9 Å². The summed E-state index contributed by atoms with van der Waals surface area (Å²) in [6.45, 7) is 4.94. The first-order chi connectivity index (χ1) is 12.9. The molecule has 0 saturated carbocycles. The van der Waals surface area contributed by atoms with Crippen molar-refractivity contribution in [2.75, 3.05) is 20.1 Å². The van der Waals surface area contributed by atoms with Gasteiger partial charge in [-0.05, 0) is 38.8 Å². The summed E-state index contributed by atoms with van der Waals surface area (Å²) in [6, 6.07) is 7.40. The number of para-hydroxylation sites is 2. The molecule has 3 rings (SSSR count). The molecule has 0 radical (unpaired) electrons. The van der Waals surface area contributed by atoms with Gasteiger partial charge in [-0.3, -0.25) is 19.0 Å². The van der Waals surface area contributed by atoms with E-state index in [1.807, 2.05) is 32.0 Å². The number of carbonyl (C=O) groups is 2. The third kappa shape index (κ3) is 4.02. The maximum atomic E-state index is 12.9. The summed E-state index contributed by atoms with van der Waals surface area (Å²) in [4.78, 5) is 45.3. The molecular weight excluding hydrogens is 344 g/mol. The Hall–Kier alpha value is -2.70. The second-order valence-electron chi connectivity index (χ2n) is 7.39. The fourth-order valence-electron chi connectivity index (χ4n) is 3.46. The van der Waals surface area contributed by atoms with Crippen LogP contribution < -0.4 is 5.56 Å². The van der Waals surface area contributed by atoms with Crippen molar-refractivity contribution in [1.82, 2.24) is 19.4 Å². The van der Waals surface area contributed by atoms with Crippen molar-refractivity contribution in [3.63, 3.8) is 0 Å². The highest BCUT2D eigenvalue weighted by Crippen LogP contribution is 2.20. The van der Waals surface area contributed by atoms with Gasteiger partial charge in [-0.25, -0.2) is 4.98 Å². The Labute approximate surface area is 158 Å². The van der Waals surface area contributed by atoms with Crippen LogP contribution in [-0.2, 0) is 16.1 Å². The molecule has 1 aromatic carbocycles. The number of carbonyl (C=O) groups excluding carboxylic acids is 2. The van der Waals surface area contributed by atoms with Gasteiger partial charge in [-0.1, -0.05) is 12.1 Å². The summed E-state index contributed by atoms with van der Waals surface area (Å²) in [7, 11) is 1.80. The highest BCUT2D eigenvalue weighted by molar-refractivity contribution is 5.82. The fraction of sp³-hybridized carbons (Fsp3) is 0.500. The molecule has 2 aromatic rings. The maximum absolute atomic E-state index is 12.9. The van der Waals surface area contributed by atoms with Crippen LogP contribution in [0.4, 0.5) is 0 Å². The first-order valence-electron chi connectivity index (χ1n) is 9.37. The molecule has 0 spiro atoms. The first kappa shape index (κ1) is 19.1. The van der Waals surface area contributed by atoms with Crippen molar-refractivity contribution in [2.45, 2.75) is 39.3 Å². The molecule has 1 fully saturated rings. The van der Waals surface area contributed by atoms with Gasteiger partial charge in [-0.15, -0.1) is 0 Å². The smallest absolute Gasteiger partial charge is 0.269 e. The number of benzene rings is 1. The van der Waals surface area contributed by atoms with Crippen molar-refractivity contribution in [1.29, 1.82) is 0 Å². The summed E-state index contributed by atoms with van der Waals surface area (Å²) >= 11 is 0. The Morgan fingerprint density at radius 2 is 2.04 bits per heavy atom. The standard InChI is InChI=1S/C20H26N4O3/c1-14(2)22(3)20(27)15-7-6-10-23(12-15)19(26)13-24-17-9-5-4-8-16(17)21-11-18(24)25/h4-5,8-9,11,14-15H,6-7,10,12-13H2,1-3H3. The molecule has 1 unspecified atom stereocenters. The van der Waals surface area contributed by atoms with Crippen molar-refractivity contribution in [3.8, 4) is 0 Å². The van der Waals surface area contributed by atoms with Crippen molar-refractivity contribution in [3.05, 3.63) is 40.8 Å². The summed E-state index contributed by atoms with van der Waals surface area (Å²) < 4.78 is 1.45. The molecule has 0 bridgehead atoms. The highest BCUT2D eigenvalue weighted by Gasteiger charge is 2.31. The van der Waals surface area contributed by atoms with Gasteiger partial charge in [0.15, 0.2) is 0 Å². The van der Waals surface area contributed by atoms with E-state index in [2.05, 4.69) is 4.98 Å². The van der Waals surface area contributed by atoms with Crippen LogP contribution in [0.2, 0.25) is 0 Å². The van der Waals surface area contributed by atoms with E-state index in [0.29, 0.717) is 24.1 Å². The zero-order valence-electron chi connectivity index (χ0n) is 16.1. The largest absolute Gasteiger partial charge is 0.343 e. The predicted octanol–water partition coefficient (Wildman–Crippen LogP) is 1.50. The minimum atomic E-state index is -0.300. The number of likely N-dealkylation sites (tertiary alicyclic amines) is 1. The molecular formula is C20H26N4O3. The number of nitrogens with zero attached hydrogens (tertiary/aromatic N) is 4. The molecule has 0 aliphatic carbocycles. The molecule has 7 heteroatoms. The lowest BCUT2D eigenvalue weighted by Crippen LogP contribution is -2.48. The molecule has 1 aliphatic rings. The van der Waals surface area contributed by atoms with E-state index in [0.717, 1.165) is 12.8 Å². The van der Waals surface area contributed by atoms with E-state index in [1.54, 1.807) is 22.9 Å². The van der Waals surface area contributed by atoms with Crippen LogP contribution in [-0.4, -0.2) is 57.3 Å². The number of hydrogen-bond acceptors (Lipinski definition) is 4. The van der Waals surface area contributed by atoms with E-state index >= 15 is 0 Å². The molecule has 2 heterocycles. The van der Waals surface area contributed by atoms with Crippen molar-refractivity contribution in [2.24, 2.45) is 5.92 Å². The van der Waals surface area contributed by atoms with E-state index in [4.69, 9.17) is 0 Å². The number of amides is 2. The topological polar surface area (TPSA) is 75.5 Å². The maximum Gasteiger partial charge on any atom is 0.269 e. The molecule has 27 heavy (non-hydrogen) atoms. The average molecular weight is 370 g/mol. The van der Waals surface area contributed by atoms with E-state index in [9.17, 15) is 14.4 Å². The lowest BCUT2D eigenvalue weighted by atomic mass is 9.96. The second-order valence-corrected chi connectivity index (χ2v) is 7.39. The van der Waals surface area contributed by atoms with Gasteiger partial charge in [-0.2, -0.15) is 0 Å². The Bertz CT molecular complexity index is 905. The molecule has 1 atom stereocenters. The number of rotatable bonds is 4. The zero-order chi connectivity index (χ0) is 19.6. The van der Waals surface area contributed by atoms with Gasteiger partial charge in [0.05, 0.1) is 23.1 Å². The van der Waals surface area contributed by atoms with Crippen LogP contribution in [0.3, 0.4) is 0 Å². The third-order valence-electron chi connectivity index (χ3n) is 5.29. The lowest BCUT2D eigenvalue weighted by molar-refractivity contribution is -0.141. The summed E-state index contributed by atoms with van der Waals surface area (Å²) in [5.74, 6) is -0.242. The Balaban J connectivity index is 1.76. The lowest BCUT2D eigenvalue weighted by Gasteiger charge is -2.35. The molecule has 7 nitrogen and oxygen atoms in total. The zero-order valence-corrected chi connectivity index (χ0v) is 16.1. The summed E-state index contributed by atoms with van der Waals surface area (Å²) in [6.07, 6.45) is 2.83. The summed E-state index contributed by atoms with van der Waals surface area (Å²) in [5, 5.41) is 0. The SMILES string of the molecule is CC(C)N(C)C(=O)C1CCCN(C(=O)Cn2c(=O)cnc3ccccc32)C1. The Kier molecular flexibility index (Phi) is 5.58. The normalized spacial score (nSPS) is 17.3. The Morgan fingerprint density at radius 3 is 2.78 bits per heavy atom. The number of hydrogen-bond donors (Lipinski definition) is 0. The second kappa shape index (κ2) is 7.90. The van der Waals surface area contributed by atoms with Crippen molar-refractivity contribution >= 4 is 22.8 Å². The number of aromatic nitrogens is 2. The molecule has 1 aliphatic heterocycles. The van der Waals surface area contributed by atoms with Gasteiger partial charge in [0.1, 0.15) is 6.54 Å². The van der Waals surface area contributed by atoms with Crippen LogP contribution in [0.1, 0.15) is 26.7 Å². The molecule has 144 valence electrons. The summed E-state index contributed by atoms with van der Waals surface area (Å²) in [5.41, 5.74) is 1.02. The van der Waals surface area contributed by atoms with Crippen LogP contribution in [0.25, 0.3) is 11.0 Å². The predicted molar refractivity (Wildman–Crippen MR) is 103 cm³/mol. The van der Waals surface area contributed by atoms with Gasteiger partial charge >= 0.3 is 0 Å². The van der Waals surface area contributed by atoms with Crippen LogP contribution in [0, 0.1) is 5.92 Å². The average Bonchev–Trinajstić information content (AvgIpc) is 2.68. The molecule has 1 aromatic heterocycles.